The minimum Gasteiger partial charge on any atom is -0.381 e. The highest BCUT2D eigenvalue weighted by Gasteiger charge is 2.37. The first-order chi connectivity index (χ1) is 8.13. The van der Waals surface area contributed by atoms with Crippen LogP contribution in [0.25, 0.3) is 0 Å². The predicted octanol–water partition coefficient (Wildman–Crippen LogP) is 0.291. The molecule has 1 heterocycles. The Morgan fingerprint density at radius 3 is 2.82 bits per heavy atom. The Morgan fingerprint density at radius 2 is 2.12 bits per heavy atom. The molecule has 0 aromatic carbocycles. The third-order valence-electron chi connectivity index (χ3n) is 3.82. The van der Waals surface area contributed by atoms with E-state index in [1.165, 1.54) is 0 Å². The molecule has 17 heavy (non-hydrogen) atoms. The van der Waals surface area contributed by atoms with Gasteiger partial charge in [-0.15, -0.1) is 0 Å². The van der Waals surface area contributed by atoms with E-state index in [-0.39, 0.29) is 36.5 Å². The summed E-state index contributed by atoms with van der Waals surface area (Å²) < 4.78 is 5.37. The van der Waals surface area contributed by atoms with Crippen molar-refractivity contribution in [2.75, 3.05) is 13.7 Å². The maximum atomic E-state index is 11.9. The zero-order valence-electron chi connectivity index (χ0n) is 10.4. The van der Waals surface area contributed by atoms with Crippen LogP contribution in [-0.2, 0) is 14.3 Å². The molecule has 2 amide bonds. The zero-order chi connectivity index (χ0) is 12.4. The number of rotatable bonds is 2. The largest absolute Gasteiger partial charge is 0.381 e. The summed E-state index contributed by atoms with van der Waals surface area (Å²) in [5.41, 5.74) is 0. The van der Waals surface area contributed by atoms with E-state index in [0.717, 1.165) is 25.7 Å². The van der Waals surface area contributed by atoms with Crippen LogP contribution in [0, 0.1) is 0 Å². The lowest BCUT2D eigenvalue weighted by molar-refractivity contribution is -0.149. The van der Waals surface area contributed by atoms with Gasteiger partial charge in [-0.2, -0.15) is 0 Å². The van der Waals surface area contributed by atoms with Gasteiger partial charge >= 0.3 is 0 Å². The third-order valence-corrected chi connectivity index (χ3v) is 3.82. The van der Waals surface area contributed by atoms with Crippen molar-refractivity contribution in [3.63, 3.8) is 0 Å². The van der Waals surface area contributed by atoms with E-state index in [1.807, 2.05) is 0 Å². The molecule has 2 aliphatic rings. The predicted molar refractivity (Wildman–Crippen MR) is 62.4 cm³/mol. The maximum absolute atomic E-state index is 11.9. The van der Waals surface area contributed by atoms with Gasteiger partial charge in [-0.05, 0) is 32.6 Å². The van der Waals surface area contributed by atoms with Crippen molar-refractivity contribution in [2.45, 2.75) is 50.8 Å². The molecule has 0 spiro atoms. The van der Waals surface area contributed by atoms with Gasteiger partial charge in [0.05, 0.1) is 12.6 Å². The lowest BCUT2D eigenvalue weighted by Crippen LogP contribution is -2.61. The quantitative estimate of drug-likeness (QED) is 0.755. The van der Waals surface area contributed by atoms with E-state index in [0.29, 0.717) is 0 Å². The third kappa shape index (κ3) is 2.44. The van der Waals surface area contributed by atoms with E-state index in [1.54, 1.807) is 18.9 Å². The molecule has 1 saturated carbocycles. The molecule has 2 fully saturated rings. The summed E-state index contributed by atoms with van der Waals surface area (Å²) in [6.07, 6.45) is 4.15. The number of piperazine rings is 1. The number of nitrogens with zero attached hydrogens (tertiary/aromatic N) is 1. The number of hydrogen-bond acceptors (Lipinski definition) is 3. The van der Waals surface area contributed by atoms with Gasteiger partial charge in [0.1, 0.15) is 6.04 Å². The SMILES string of the molecule is COC1CCCC(N2C(=O)CNC(=O)C2C)C1. The average Bonchev–Trinajstić information content (AvgIpc) is 2.35. The lowest BCUT2D eigenvalue weighted by atomic mass is 9.90. The fourth-order valence-electron chi connectivity index (χ4n) is 2.85. The summed E-state index contributed by atoms with van der Waals surface area (Å²) in [6, 6.07) is -0.195. The number of amides is 2. The topological polar surface area (TPSA) is 58.6 Å². The van der Waals surface area contributed by atoms with Crippen LogP contribution in [0.5, 0.6) is 0 Å². The molecule has 1 saturated heterocycles. The summed E-state index contributed by atoms with van der Waals surface area (Å²) in [6.45, 7) is 1.93. The first-order valence-electron chi connectivity index (χ1n) is 6.25. The molecule has 1 N–H and O–H groups in total. The van der Waals surface area contributed by atoms with E-state index in [9.17, 15) is 9.59 Å². The number of hydrogen-bond donors (Lipinski definition) is 1. The van der Waals surface area contributed by atoms with Crippen molar-refractivity contribution in [1.82, 2.24) is 10.2 Å². The zero-order valence-corrected chi connectivity index (χ0v) is 10.4. The molecule has 2 rings (SSSR count). The monoisotopic (exact) mass is 240 g/mol. The van der Waals surface area contributed by atoms with Gasteiger partial charge in [-0.25, -0.2) is 0 Å². The van der Waals surface area contributed by atoms with Crippen molar-refractivity contribution in [3.8, 4) is 0 Å². The minimum absolute atomic E-state index is 0.0267. The highest BCUT2D eigenvalue weighted by molar-refractivity contribution is 5.94. The van der Waals surface area contributed by atoms with Crippen molar-refractivity contribution in [2.24, 2.45) is 0 Å². The number of carbonyl (C=O) groups is 2. The van der Waals surface area contributed by atoms with Crippen LogP contribution < -0.4 is 5.32 Å². The van der Waals surface area contributed by atoms with E-state index in [4.69, 9.17) is 4.74 Å². The molecular weight excluding hydrogens is 220 g/mol. The molecule has 0 bridgehead atoms. The second-order valence-corrected chi connectivity index (χ2v) is 4.87. The van der Waals surface area contributed by atoms with E-state index >= 15 is 0 Å². The number of nitrogens with one attached hydrogen (secondary N) is 1. The van der Waals surface area contributed by atoms with Crippen LogP contribution in [-0.4, -0.2) is 48.6 Å². The first-order valence-corrected chi connectivity index (χ1v) is 6.25. The van der Waals surface area contributed by atoms with Gasteiger partial charge in [0, 0.05) is 13.2 Å². The van der Waals surface area contributed by atoms with Gasteiger partial charge in [0.25, 0.3) is 0 Å². The average molecular weight is 240 g/mol. The molecule has 5 heteroatoms. The van der Waals surface area contributed by atoms with Gasteiger partial charge in [0.2, 0.25) is 11.8 Å². The van der Waals surface area contributed by atoms with Crippen LogP contribution in [0.15, 0.2) is 0 Å². The summed E-state index contributed by atoms with van der Waals surface area (Å²) in [5, 5.41) is 2.61. The Hall–Kier alpha value is -1.10. The maximum Gasteiger partial charge on any atom is 0.242 e. The van der Waals surface area contributed by atoms with Crippen LogP contribution in [0.3, 0.4) is 0 Å². The highest BCUT2D eigenvalue weighted by atomic mass is 16.5. The molecule has 0 aromatic rings. The number of methoxy groups -OCH3 is 1. The molecule has 1 aliphatic heterocycles. The molecule has 0 aromatic heterocycles. The Labute approximate surface area is 101 Å². The van der Waals surface area contributed by atoms with Crippen LogP contribution >= 0.6 is 0 Å². The molecule has 96 valence electrons. The van der Waals surface area contributed by atoms with Gasteiger partial charge < -0.3 is 15.0 Å². The second-order valence-electron chi connectivity index (χ2n) is 4.87. The van der Waals surface area contributed by atoms with Crippen LogP contribution in [0.1, 0.15) is 32.6 Å². The Morgan fingerprint density at radius 1 is 1.35 bits per heavy atom. The van der Waals surface area contributed by atoms with Crippen molar-refractivity contribution in [3.05, 3.63) is 0 Å². The normalized spacial score (nSPS) is 34.7. The van der Waals surface area contributed by atoms with E-state index < -0.39 is 0 Å². The molecule has 0 radical (unpaired) electrons. The summed E-state index contributed by atoms with van der Waals surface area (Å²) >= 11 is 0. The van der Waals surface area contributed by atoms with Crippen LogP contribution in [0.2, 0.25) is 0 Å². The standard InChI is InChI=1S/C12H20N2O3/c1-8-12(16)13-7-11(15)14(8)9-4-3-5-10(6-9)17-2/h8-10H,3-7H2,1-2H3,(H,13,16). The summed E-state index contributed by atoms with van der Waals surface area (Å²) in [4.78, 5) is 25.3. The molecule has 1 aliphatic carbocycles. The second kappa shape index (κ2) is 5.04. The fourth-order valence-corrected chi connectivity index (χ4v) is 2.85. The Kier molecular flexibility index (Phi) is 3.66. The van der Waals surface area contributed by atoms with Crippen molar-refractivity contribution >= 4 is 11.8 Å². The molecular formula is C12H20N2O3. The molecule has 5 nitrogen and oxygen atoms in total. The van der Waals surface area contributed by atoms with Crippen molar-refractivity contribution < 1.29 is 14.3 Å². The molecule has 3 unspecified atom stereocenters. The minimum atomic E-state index is -0.350. The number of carbonyl (C=O) groups excluding carboxylic acids is 2. The first kappa shape index (κ1) is 12.4. The summed E-state index contributed by atoms with van der Waals surface area (Å²) in [5.74, 6) is -0.0250. The van der Waals surface area contributed by atoms with Gasteiger partial charge in [0.15, 0.2) is 0 Å². The Bertz CT molecular complexity index is 319. The van der Waals surface area contributed by atoms with E-state index in [2.05, 4.69) is 5.32 Å². The lowest BCUT2D eigenvalue weighted by Gasteiger charge is -2.42. The molecule has 3 atom stereocenters. The summed E-state index contributed by atoms with van der Waals surface area (Å²) in [7, 11) is 1.71. The smallest absolute Gasteiger partial charge is 0.242 e. The van der Waals surface area contributed by atoms with Crippen molar-refractivity contribution in [1.29, 1.82) is 0 Å². The number of ether oxygens (including phenoxy) is 1. The highest BCUT2D eigenvalue weighted by Crippen LogP contribution is 2.27. The van der Waals surface area contributed by atoms with Gasteiger partial charge in [-0.1, -0.05) is 0 Å². The Balaban J connectivity index is 2.08. The van der Waals surface area contributed by atoms with Gasteiger partial charge in [-0.3, -0.25) is 9.59 Å². The van der Waals surface area contributed by atoms with Crippen LogP contribution in [0.4, 0.5) is 0 Å². The fraction of sp³-hybridized carbons (Fsp3) is 0.833.